The fourth-order valence-electron chi connectivity index (χ4n) is 2.09. The van der Waals surface area contributed by atoms with Crippen molar-refractivity contribution < 1.29 is 14.3 Å². The van der Waals surface area contributed by atoms with Gasteiger partial charge in [-0.2, -0.15) is 5.10 Å². The van der Waals surface area contributed by atoms with Crippen LogP contribution in [0.1, 0.15) is 20.8 Å². The van der Waals surface area contributed by atoms with Crippen molar-refractivity contribution in [3.8, 4) is 0 Å². The van der Waals surface area contributed by atoms with E-state index in [-0.39, 0.29) is 0 Å². The number of rotatable bonds is 6. The number of nitrogens with zero attached hydrogens (tertiary/aromatic N) is 3. The van der Waals surface area contributed by atoms with E-state index in [1.807, 2.05) is 26.8 Å². The molecule has 25 heavy (non-hydrogen) atoms. The lowest BCUT2D eigenvalue weighted by Gasteiger charge is -2.19. The van der Waals surface area contributed by atoms with E-state index in [4.69, 9.17) is 9.47 Å². The summed E-state index contributed by atoms with van der Waals surface area (Å²) >= 11 is 0. The van der Waals surface area contributed by atoms with Crippen LogP contribution in [0.3, 0.4) is 0 Å². The van der Waals surface area contributed by atoms with Gasteiger partial charge in [0.1, 0.15) is 12.3 Å². The van der Waals surface area contributed by atoms with Crippen molar-refractivity contribution >= 4 is 30.9 Å². The molecule has 0 bridgehead atoms. The SMILES string of the molecule is CC(C)(C)OC(=O)Nc1cnc2c(cnn2COCC[Si](C)(C)C)c1. The minimum Gasteiger partial charge on any atom is -0.444 e. The minimum absolute atomic E-state index is 0.375. The lowest BCUT2D eigenvalue weighted by atomic mass is 10.2. The first-order chi connectivity index (χ1) is 11.5. The second-order valence-corrected chi connectivity index (χ2v) is 13.9. The summed E-state index contributed by atoms with van der Waals surface area (Å²) < 4.78 is 12.7. The van der Waals surface area contributed by atoms with Crippen LogP contribution in [-0.4, -0.2) is 41.1 Å². The Morgan fingerprint density at radius 3 is 2.64 bits per heavy atom. The van der Waals surface area contributed by atoms with E-state index in [1.165, 1.54) is 0 Å². The van der Waals surface area contributed by atoms with Gasteiger partial charge >= 0.3 is 6.09 Å². The van der Waals surface area contributed by atoms with E-state index in [0.29, 0.717) is 12.4 Å². The highest BCUT2D eigenvalue weighted by atomic mass is 28.3. The molecule has 0 saturated heterocycles. The average Bonchev–Trinajstić information content (AvgIpc) is 2.83. The van der Waals surface area contributed by atoms with Crippen molar-refractivity contribution in [2.45, 2.75) is 58.8 Å². The molecule has 1 N–H and O–H groups in total. The Hall–Kier alpha value is -1.93. The van der Waals surface area contributed by atoms with Gasteiger partial charge in [-0.1, -0.05) is 19.6 Å². The first kappa shape index (κ1) is 19.4. The third-order valence-corrected chi connectivity index (χ3v) is 5.04. The molecule has 7 nitrogen and oxygen atoms in total. The number of aromatic nitrogens is 3. The Morgan fingerprint density at radius 2 is 2.00 bits per heavy atom. The van der Waals surface area contributed by atoms with Gasteiger partial charge in [-0.3, -0.25) is 5.32 Å². The summed E-state index contributed by atoms with van der Waals surface area (Å²) in [5.41, 5.74) is 0.753. The number of hydrogen-bond acceptors (Lipinski definition) is 5. The Morgan fingerprint density at radius 1 is 1.28 bits per heavy atom. The van der Waals surface area contributed by atoms with Crippen LogP contribution in [0.2, 0.25) is 25.7 Å². The molecule has 0 unspecified atom stereocenters. The van der Waals surface area contributed by atoms with Crippen molar-refractivity contribution in [3.05, 3.63) is 18.5 Å². The first-order valence-electron chi connectivity index (χ1n) is 8.43. The molecular formula is C17H28N4O3Si. The third-order valence-electron chi connectivity index (χ3n) is 3.33. The molecule has 0 fully saturated rings. The van der Waals surface area contributed by atoms with Crippen LogP contribution in [-0.2, 0) is 16.2 Å². The summed E-state index contributed by atoms with van der Waals surface area (Å²) in [6.07, 6.45) is 2.80. The van der Waals surface area contributed by atoms with Gasteiger partial charge in [0.25, 0.3) is 0 Å². The number of fused-ring (bicyclic) bond motifs is 1. The number of anilines is 1. The zero-order chi connectivity index (χ0) is 18.7. The Balaban J connectivity index is 1.97. The van der Waals surface area contributed by atoms with E-state index in [2.05, 4.69) is 35.0 Å². The Bertz CT molecular complexity index is 732. The van der Waals surface area contributed by atoms with Gasteiger partial charge in [0.15, 0.2) is 5.65 Å². The lowest BCUT2D eigenvalue weighted by Crippen LogP contribution is -2.27. The second kappa shape index (κ2) is 7.53. The molecule has 8 heteroatoms. The molecule has 2 aromatic heterocycles. The molecule has 0 aliphatic rings. The van der Waals surface area contributed by atoms with Gasteiger partial charge in [-0.15, -0.1) is 0 Å². The topological polar surface area (TPSA) is 78.3 Å². The van der Waals surface area contributed by atoms with E-state index >= 15 is 0 Å². The maximum Gasteiger partial charge on any atom is 0.412 e. The first-order valence-corrected chi connectivity index (χ1v) is 12.1. The minimum atomic E-state index is -1.10. The standard InChI is InChI=1S/C17H28N4O3Si/c1-17(2,3)24-16(22)20-14-9-13-10-19-21(15(13)18-11-14)12-23-7-8-25(4,5)6/h9-11H,7-8,12H2,1-6H3,(H,20,22). The van der Waals surface area contributed by atoms with Crippen molar-refractivity contribution in [3.63, 3.8) is 0 Å². The van der Waals surface area contributed by atoms with Crippen LogP contribution >= 0.6 is 0 Å². The molecule has 2 heterocycles. The fourth-order valence-corrected chi connectivity index (χ4v) is 2.84. The second-order valence-electron chi connectivity index (χ2n) is 8.26. The molecule has 0 spiro atoms. The number of ether oxygens (including phenoxy) is 2. The van der Waals surface area contributed by atoms with Crippen LogP contribution in [0.4, 0.5) is 10.5 Å². The Labute approximate surface area is 149 Å². The van der Waals surface area contributed by atoms with Crippen molar-refractivity contribution in [2.24, 2.45) is 0 Å². The van der Waals surface area contributed by atoms with Gasteiger partial charge in [0, 0.05) is 20.1 Å². The van der Waals surface area contributed by atoms with Gasteiger partial charge in [0.05, 0.1) is 18.1 Å². The van der Waals surface area contributed by atoms with E-state index in [1.54, 1.807) is 17.1 Å². The predicted octanol–water partition coefficient (Wildman–Crippen LogP) is 4.09. The highest BCUT2D eigenvalue weighted by Crippen LogP contribution is 2.18. The van der Waals surface area contributed by atoms with Crippen LogP contribution in [0.5, 0.6) is 0 Å². The predicted molar refractivity (Wildman–Crippen MR) is 101 cm³/mol. The molecule has 0 aliphatic heterocycles. The van der Waals surface area contributed by atoms with E-state index in [9.17, 15) is 4.79 Å². The van der Waals surface area contributed by atoms with Crippen LogP contribution in [0.25, 0.3) is 11.0 Å². The van der Waals surface area contributed by atoms with Crippen LogP contribution < -0.4 is 5.32 Å². The molecule has 0 aromatic carbocycles. The molecule has 1 amide bonds. The number of amides is 1. The highest BCUT2D eigenvalue weighted by Gasteiger charge is 2.17. The zero-order valence-electron chi connectivity index (χ0n) is 15.9. The molecule has 0 aliphatic carbocycles. The van der Waals surface area contributed by atoms with Crippen LogP contribution in [0, 0.1) is 0 Å². The van der Waals surface area contributed by atoms with Gasteiger partial charge in [0.2, 0.25) is 0 Å². The Kier molecular flexibility index (Phi) is 5.84. The largest absolute Gasteiger partial charge is 0.444 e. The summed E-state index contributed by atoms with van der Waals surface area (Å²) in [6, 6.07) is 2.93. The van der Waals surface area contributed by atoms with E-state index < -0.39 is 19.8 Å². The molecule has 0 radical (unpaired) electrons. The maximum atomic E-state index is 11.8. The quantitative estimate of drug-likeness (QED) is 0.617. The normalized spacial score (nSPS) is 12.4. The van der Waals surface area contributed by atoms with Crippen molar-refractivity contribution in [1.29, 1.82) is 0 Å². The molecular weight excluding hydrogens is 336 g/mol. The average molecular weight is 365 g/mol. The smallest absolute Gasteiger partial charge is 0.412 e. The molecule has 0 atom stereocenters. The third kappa shape index (κ3) is 6.47. The summed E-state index contributed by atoms with van der Waals surface area (Å²) in [6.45, 7) is 13.5. The van der Waals surface area contributed by atoms with Crippen molar-refractivity contribution in [2.75, 3.05) is 11.9 Å². The monoisotopic (exact) mass is 364 g/mol. The molecule has 2 aromatic rings. The van der Waals surface area contributed by atoms with Gasteiger partial charge in [-0.25, -0.2) is 14.5 Å². The molecule has 2 rings (SSSR count). The summed E-state index contributed by atoms with van der Waals surface area (Å²) in [5.74, 6) is 0. The van der Waals surface area contributed by atoms with Crippen LogP contribution in [0.15, 0.2) is 18.5 Å². The zero-order valence-corrected chi connectivity index (χ0v) is 16.9. The maximum absolute atomic E-state index is 11.8. The van der Waals surface area contributed by atoms with Gasteiger partial charge in [-0.05, 0) is 32.9 Å². The van der Waals surface area contributed by atoms with Gasteiger partial charge < -0.3 is 9.47 Å². The summed E-state index contributed by atoms with van der Waals surface area (Å²) in [4.78, 5) is 16.2. The van der Waals surface area contributed by atoms with Crippen molar-refractivity contribution in [1.82, 2.24) is 14.8 Å². The number of hydrogen-bond donors (Lipinski definition) is 1. The summed E-state index contributed by atoms with van der Waals surface area (Å²) in [5, 5.41) is 7.82. The number of nitrogens with one attached hydrogen (secondary N) is 1. The number of carbonyl (C=O) groups is 1. The van der Waals surface area contributed by atoms with E-state index in [0.717, 1.165) is 23.7 Å². The highest BCUT2D eigenvalue weighted by molar-refractivity contribution is 6.76. The fraction of sp³-hybridized carbons (Fsp3) is 0.588. The lowest BCUT2D eigenvalue weighted by molar-refractivity contribution is 0.0636. The molecule has 138 valence electrons. The number of carbonyl (C=O) groups excluding carboxylic acids is 1. The summed E-state index contributed by atoms with van der Waals surface area (Å²) in [7, 11) is -1.10. The number of pyridine rings is 1. The molecule has 0 saturated carbocycles.